The third-order valence-corrected chi connectivity index (χ3v) is 3.48. The number of nitro groups is 1. The van der Waals surface area contributed by atoms with Gasteiger partial charge in [-0.3, -0.25) is 10.1 Å². The van der Waals surface area contributed by atoms with Gasteiger partial charge in [0.1, 0.15) is 0 Å². The summed E-state index contributed by atoms with van der Waals surface area (Å²) in [6.07, 6.45) is 3.62. The van der Waals surface area contributed by atoms with Gasteiger partial charge in [-0.2, -0.15) is 0 Å². The molecule has 2 N–H and O–H groups in total. The fourth-order valence-electron chi connectivity index (χ4n) is 2.44. The number of nitrogens with zero attached hydrogens (tertiary/aromatic N) is 1. The molecule has 5 nitrogen and oxygen atoms in total. The van der Waals surface area contributed by atoms with Crippen LogP contribution >= 0.6 is 0 Å². The van der Waals surface area contributed by atoms with Crippen molar-refractivity contribution in [3.8, 4) is 0 Å². The molecule has 98 valence electrons. The van der Waals surface area contributed by atoms with E-state index in [0.29, 0.717) is 5.56 Å². The molecule has 1 aliphatic carbocycles. The number of aliphatic hydroxyl groups excluding tert-OH is 1. The van der Waals surface area contributed by atoms with Gasteiger partial charge < -0.3 is 10.4 Å². The van der Waals surface area contributed by atoms with Gasteiger partial charge in [0.15, 0.2) is 0 Å². The zero-order chi connectivity index (χ0) is 13.1. The number of aliphatic hydroxyl groups is 1. The third-order valence-electron chi connectivity index (χ3n) is 3.48. The molecular formula is C13H18N2O3. The van der Waals surface area contributed by atoms with Crippen LogP contribution in [-0.2, 0) is 0 Å². The van der Waals surface area contributed by atoms with Crippen molar-refractivity contribution in [1.82, 2.24) is 0 Å². The molecule has 0 saturated heterocycles. The summed E-state index contributed by atoms with van der Waals surface area (Å²) in [7, 11) is 0. The van der Waals surface area contributed by atoms with Crippen molar-refractivity contribution in [1.29, 1.82) is 0 Å². The number of nitro benzene ring substituents is 1. The maximum absolute atomic E-state index is 10.7. The summed E-state index contributed by atoms with van der Waals surface area (Å²) >= 11 is 0. The first-order chi connectivity index (χ1) is 8.58. The van der Waals surface area contributed by atoms with Crippen LogP contribution in [0.1, 0.15) is 31.2 Å². The van der Waals surface area contributed by atoms with Crippen LogP contribution in [0.5, 0.6) is 0 Å². The second-order valence-corrected chi connectivity index (χ2v) is 4.86. The number of benzene rings is 1. The first-order valence-corrected chi connectivity index (χ1v) is 6.27. The lowest BCUT2D eigenvalue weighted by Gasteiger charge is -2.29. The summed E-state index contributed by atoms with van der Waals surface area (Å²) in [6.45, 7) is 1.72. The van der Waals surface area contributed by atoms with E-state index in [-0.39, 0.29) is 22.8 Å². The predicted molar refractivity (Wildman–Crippen MR) is 69.7 cm³/mol. The molecule has 1 saturated carbocycles. The van der Waals surface area contributed by atoms with Crippen molar-refractivity contribution in [3.05, 3.63) is 33.9 Å². The van der Waals surface area contributed by atoms with Crippen molar-refractivity contribution in [2.45, 2.75) is 44.8 Å². The number of anilines is 1. The molecule has 0 aromatic heterocycles. The molecule has 1 aromatic carbocycles. The average Bonchev–Trinajstić information content (AvgIpc) is 2.32. The van der Waals surface area contributed by atoms with Crippen LogP contribution in [0.2, 0.25) is 0 Å². The van der Waals surface area contributed by atoms with E-state index in [0.717, 1.165) is 31.4 Å². The quantitative estimate of drug-likeness (QED) is 0.638. The lowest BCUT2D eigenvalue weighted by molar-refractivity contribution is -0.385. The van der Waals surface area contributed by atoms with E-state index in [9.17, 15) is 15.2 Å². The molecule has 1 aliphatic rings. The highest BCUT2D eigenvalue weighted by Crippen LogP contribution is 2.25. The SMILES string of the molecule is Cc1cc(NC2CCCCC2O)ccc1[N+](=O)[O-]. The van der Waals surface area contributed by atoms with Gasteiger partial charge in [0.05, 0.1) is 17.1 Å². The van der Waals surface area contributed by atoms with Gasteiger partial charge in [0, 0.05) is 17.3 Å². The minimum Gasteiger partial charge on any atom is -0.391 e. The fourth-order valence-corrected chi connectivity index (χ4v) is 2.44. The first kappa shape index (κ1) is 12.8. The molecule has 1 aromatic rings. The molecule has 2 atom stereocenters. The van der Waals surface area contributed by atoms with Gasteiger partial charge in [-0.15, -0.1) is 0 Å². The van der Waals surface area contributed by atoms with Crippen molar-refractivity contribution < 1.29 is 10.0 Å². The van der Waals surface area contributed by atoms with Gasteiger partial charge in [-0.25, -0.2) is 0 Å². The number of hydrogen-bond acceptors (Lipinski definition) is 4. The molecule has 2 rings (SSSR count). The molecule has 0 spiro atoms. The minimum atomic E-state index is -0.380. The number of aryl methyl sites for hydroxylation is 1. The van der Waals surface area contributed by atoms with E-state index >= 15 is 0 Å². The molecule has 0 radical (unpaired) electrons. The zero-order valence-corrected chi connectivity index (χ0v) is 10.4. The van der Waals surface area contributed by atoms with E-state index in [4.69, 9.17) is 0 Å². The summed E-state index contributed by atoms with van der Waals surface area (Å²) in [5.74, 6) is 0. The summed E-state index contributed by atoms with van der Waals surface area (Å²) in [4.78, 5) is 10.3. The predicted octanol–water partition coefficient (Wildman–Crippen LogP) is 2.62. The van der Waals surface area contributed by atoms with Crippen LogP contribution in [-0.4, -0.2) is 22.2 Å². The highest BCUT2D eigenvalue weighted by molar-refractivity contribution is 5.54. The van der Waals surface area contributed by atoms with Gasteiger partial charge in [-0.05, 0) is 31.9 Å². The van der Waals surface area contributed by atoms with Crippen LogP contribution < -0.4 is 5.32 Å². The van der Waals surface area contributed by atoms with E-state index in [1.807, 2.05) is 0 Å². The second kappa shape index (κ2) is 5.35. The normalized spacial score (nSPS) is 23.7. The Bertz CT molecular complexity index is 448. The number of rotatable bonds is 3. The standard InChI is InChI=1S/C13H18N2O3/c1-9-8-10(6-7-12(9)15(17)18)14-11-4-2-3-5-13(11)16/h6-8,11,13-14,16H,2-5H2,1H3. The van der Waals surface area contributed by atoms with Gasteiger partial charge >= 0.3 is 0 Å². The van der Waals surface area contributed by atoms with Crippen LogP contribution in [0, 0.1) is 17.0 Å². The fraction of sp³-hybridized carbons (Fsp3) is 0.538. The van der Waals surface area contributed by atoms with Crippen LogP contribution in [0.3, 0.4) is 0 Å². The maximum atomic E-state index is 10.7. The number of nitrogens with one attached hydrogen (secondary N) is 1. The summed E-state index contributed by atoms with van der Waals surface area (Å²) in [5, 5.41) is 23.9. The summed E-state index contributed by atoms with van der Waals surface area (Å²) < 4.78 is 0. The molecule has 0 heterocycles. The average molecular weight is 250 g/mol. The Morgan fingerprint density at radius 2 is 2.11 bits per heavy atom. The topological polar surface area (TPSA) is 75.4 Å². The monoisotopic (exact) mass is 250 g/mol. The molecule has 0 aliphatic heterocycles. The smallest absolute Gasteiger partial charge is 0.272 e. The first-order valence-electron chi connectivity index (χ1n) is 6.27. The minimum absolute atomic E-state index is 0.0552. The largest absolute Gasteiger partial charge is 0.391 e. The van der Waals surface area contributed by atoms with Crippen molar-refractivity contribution in [2.75, 3.05) is 5.32 Å². The van der Waals surface area contributed by atoms with E-state index in [2.05, 4.69) is 5.32 Å². The molecule has 2 unspecified atom stereocenters. The van der Waals surface area contributed by atoms with Gasteiger partial charge in [0.2, 0.25) is 0 Å². The Kier molecular flexibility index (Phi) is 3.81. The molecule has 18 heavy (non-hydrogen) atoms. The zero-order valence-electron chi connectivity index (χ0n) is 10.4. The van der Waals surface area contributed by atoms with E-state index in [1.165, 1.54) is 6.07 Å². The Balaban J connectivity index is 2.10. The van der Waals surface area contributed by atoms with Crippen LogP contribution in [0.15, 0.2) is 18.2 Å². The Morgan fingerprint density at radius 1 is 1.39 bits per heavy atom. The number of hydrogen-bond donors (Lipinski definition) is 2. The van der Waals surface area contributed by atoms with E-state index in [1.54, 1.807) is 19.1 Å². The van der Waals surface area contributed by atoms with Crippen molar-refractivity contribution in [2.24, 2.45) is 0 Å². The molecular weight excluding hydrogens is 232 g/mol. The maximum Gasteiger partial charge on any atom is 0.272 e. The van der Waals surface area contributed by atoms with Gasteiger partial charge in [0.25, 0.3) is 5.69 Å². The molecule has 0 amide bonds. The molecule has 0 bridgehead atoms. The molecule has 1 fully saturated rings. The Labute approximate surface area is 106 Å². The third kappa shape index (κ3) is 2.79. The highest BCUT2D eigenvalue weighted by atomic mass is 16.6. The second-order valence-electron chi connectivity index (χ2n) is 4.86. The highest BCUT2D eigenvalue weighted by Gasteiger charge is 2.23. The van der Waals surface area contributed by atoms with E-state index < -0.39 is 0 Å². The summed E-state index contributed by atoms with van der Waals surface area (Å²) in [6, 6.07) is 5.03. The van der Waals surface area contributed by atoms with Crippen LogP contribution in [0.4, 0.5) is 11.4 Å². The molecule has 5 heteroatoms. The summed E-state index contributed by atoms with van der Waals surface area (Å²) in [5.41, 5.74) is 1.60. The lowest BCUT2D eigenvalue weighted by Crippen LogP contribution is -2.36. The van der Waals surface area contributed by atoms with Crippen LogP contribution in [0.25, 0.3) is 0 Å². The Hall–Kier alpha value is -1.62. The van der Waals surface area contributed by atoms with Crippen molar-refractivity contribution in [3.63, 3.8) is 0 Å². The Morgan fingerprint density at radius 3 is 2.72 bits per heavy atom. The van der Waals surface area contributed by atoms with Crippen molar-refractivity contribution >= 4 is 11.4 Å². The van der Waals surface area contributed by atoms with Gasteiger partial charge in [-0.1, -0.05) is 12.8 Å². The lowest BCUT2D eigenvalue weighted by atomic mass is 9.92.